The Balaban J connectivity index is 1.09. The summed E-state index contributed by atoms with van der Waals surface area (Å²) >= 11 is 0. The average Bonchev–Trinajstić information content (AvgIpc) is 4.00. The number of oxazole rings is 1. The lowest BCUT2D eigenvalue weighted by molar-refractivity contribution is 0.620. The number of furan rings is 1. The summed E-state index contributed by atoms with van der Waals surface area (Å²) < 4.78 is 12.8. The van der Waals surface area contributed by atoms with Crippen molar-refractivity contribution in [3.8, 4) is 56.5 Å². The fourth-order valence-corrected chi connectivity index (χ4v) is 8.99. The van der Waals surface area contributed by atoms with E-state index in [1.165, 1.54) is 11.1 Å². The number of fused-ring (bicyclic) bond motifs is 7. The van der Waals surface area contributed by atoms with Gasteiger partial charge in [0.2, 0.25) is 5.89 Å². The van der Waals surface area contributed by atoms with Crippen molar-refractivity contribution in [1.29, 1.82) is 0 Å². The molecule has 3 aromatic heterocycles. The number of hydrogen-bond acceptors (Lipinski definition) is 6. The molecule has 0 saturated carbocycles. The summed E-state index contributed by atoms with van der Waals surface area (Å²) in [4.78, 5) is 21.0. The highest BCUT2D eigenvalue weighted by Crippen LogP contribution is 2.55. The van der Waals surface area contributed by atoms with E-state index in [4.69, 9.17) is 28.8 Å². The van der Waals surface area contributed by atoms with Gasteiger partial charge >= 0.3 is 0 Å². The largest absolute Gasteiger partial charge is 0.456 e. The number of aromatic nitrogens is 4. The van der Waals surface area contributed by atoms with Crippen molar-refractivity contribution in [2.24, 2.45) is 0 Å². The zero-order valence-corrected chi connectivity index (χ0v) is 31.6. The minimum atomic E-state index is -0.811. The van der Waals surface area contributed by atoms with Gasteiger partial charge in [-0.3, -0.25) is 0 Å². The molecule has 1 aliphatic rings. The zero-order chi connectivity index (χ0) is 38.9. The molecule has 0 amide bonds. The van der Waals surface area contributed by atoms with Gasteiger partial charge in [-0.15, -0.1) is 0 Å². The van der Waals surface area contributed by atoms with Crippen LogP contribution in [0.1, 0.15) is 22.5 Å². The molecular weight excluding hydrogens is 725 g/mol. The monoisotopic (exact) mass is 756 g/mol. The van der Waals surface area contributed by atoms with Gasteiger partial charge < -0.3 is 8.83 Å². The van der Waals surface area contributed by atoms with Gasteiger partial charge in [0.25, 0.3) is 0 Å². The van der Waals surface area contributed by atoms with Gasteiger partial charge in [-0.2, -0.15) is 0 Å². The normalized spacial score (nSPS) is 12.9. The highest BCUT2D eigenvalue weighted by atomic mass is 16.3. The lowest BCUT2D eigenvalue weighted by Crippen LogP contribution is -2.31. The van der Waals surface area contributed by atoms with E-state index in [2.05, 4.69) is 121 Å². The van der Waals surface area contributed by atoms with Crippen LogP contribution in [0.3, 0.4) is 0 Å². The molecule has 6 nitrogen and oxygen atoms in total. The molecule has 12 rings (SSSR count). The third kappa shape index (κ3) is 5.13. The number of nitrogens with zero attached hydrogens (tertiary/aromatic N) is 4. The molecule has 6 heteroatoms. The second-order valence-corrected chi connectivity index (χ2v) is 14.9. The number of rotatable bonds is 6. The third-order valence-electron chi connectivity index (χ3n) is 11.6. The van der Waals surface area contributed by atoms with Crippen molar-refractivity contribution in [2.45, 2.75) is 5.41 Å². The average molecular weight is 757 g/mol. The van der Waals surface area contributed by atoms with Crippen molar-refractivity contribution in [3.05, 3.63) is 217 Å². The Morgan fingerprint density at radius 2 is 0.983 bits per heavy atom. The van der Waals surface area contributed by atoms with Crippen molar-refractivity contribution in [1.82, 2.24) is 19.9 Å². The summed E-state index contributed by atoms with van der Waals surface area (Å²) in [6.45, 7) is 0. The molecule has 11 aromatic rings. The quantitative estimate of drug-likeness (QED) is 0.168. The molecule has 8 aromatic carbocycles. The molecule has 0 saturated heterocycles. The highest BCUT2D eigenvalue weighted by molar-refractivity contribution is 6.13. The maximum atomic E-state index is 6.56. The van der Waals surface area contributed by atoms with Crippen LogP contribution in [0, 0.1) is 0 Å². The molecule has 276 valence electrons. The molecule has 0 spiro atoms. The van der Waals surface area contributed by atoms with E-state index in [9.17, 15) is 0 Å². The zero-order valence-electron chi connectivity index (χ0n) is 31.6. The molecule has 0 atom stereocenters. The summed E-state index contributed by atoms with van der Waals surface area (Å²) in [5.41, 5.74) is 12.7. The Kier molecular flexibility index (Phi) is 7.34. The highest BCUT2D eigenvalue weighted by Gasteiger charge is 2.48. The van der Waals surface area contributed by atoms with E-state index in [-0.39, 0.29) is 0 Å². The predicted octanol–water partition coefficient (Wildman–Crippen LogP) is 12.9. The van der Waals surface area contributed by atoms with Crippen LogP contribution in [0.25, 0.3) is 89.5 Å². The molecule has 0 fully saturated rings. The van der Waals surface area contributed by atoms with E-state index in [0.29, 0.717) is 23.4 Å². The smallest absolute Gasteiger partial charge is 0.227 e. The van der Waals surface area contributed by atoms with Gasteiger partial charge in [-0.1, -0.05) is 152 Å². The molecule has 0 N–H and O–H groups in total. The summed E-state index contributed by atoms with van der Waals surface area (Å²) in [6, 6.07) is 66.7. The van der Waals surface area contributed by atoms with Gasteiger partial charge in [0.05, 0.1) is 0 Å². The Labute approximate surface area is 339 Å². The molecule has 0 aliphatic heterocycles. The van der Waals surface area contributed by atoms with Crippen LogP contribution < -0.4 is 0 Å². The predicted molar refractivity (Wildman–Crippen MR) is 234 cm³/mol. The summed E-state index contributed by atoms with van der Waals surface area (Å²) in [5, 5.41) is 1.90. The topological polar surface area (TPSA) is 77.8 Å². The molecule has 1 aliphatic carbocycles. The molecule has 0 radical (unpaired) electrons. The second kappa shape index (κ2) is 13.0. The van der Waals surface area contributed by atoms with Crippen molar-refractivity contribution in [3.63, 3.8) is 0 Å². The first-order chi connectivity index (χ1) is 29.2. The van der Waals surface area contributed by atoms with Crippen molar-refractivity contribution >= 4 is 33.0 Å². The lowest BCUT2D eigenvalue weighted by atomic mass is 9.71. The Bertz CT molecular complexity index is 3350. The van der Waals surface area contributed by atoms with Crippen LogP contribution in [0.5, 0.6) is 0 Å². The van der Waals surface area contributed by atoms with Crippen LogP contribution in [-0.4, -0.2) is 19.9 Å². The third-order valence-corrected chi connectivity index (χ3v) is 11.6. The van der Waals surface area contributed by atoms with Gasteiger partial charge in [-0.05, 0) is 81.4 Å². The summed E-state index contributed by atoms with van der Waals surface area (Å²) in [7, 11) is 0. The van der Waals surface area contributed by atoms with Crippen molar-refractivity contribution in [2.75, 3.05) is 0 Å². The second-order valence-electron chi connectivity index (χ2n) is 14.9. The maximum Gasteiger partial charge on any atom is 0.227 e. The molecule has 59 heavy (non-hydrogen) atoms. The standard InChI is InChI=1S/C53H32N4O2/c1-4-15-33(16-5-1)49-55-50(57-52(56-49)53(37-19-8-3-9-20-37)42-24-12-10-21-38(42)39-22-11-13-25-43(39)53)40-23-14-26-46-48(40)41-31-35(28-30-45(41)58-46)36-27-29-44-47(32-36)59-51(54-44)34-17-6-2-7-18-34/h1-32H. The summed E-state index contributed by atoms with van der Waals surface area (Å²) in [5.74, 6) is 2.43. The first-order valence-electron chi connectivity index (χ1n) is 19.7. The molecular formula is C53H32N4O2. The lowest BCUT2D eigenvalue weighted by Gasteiger charge is -2.32. The van der Waals surface area contributed by atoms with Gasteiger partial charge in [0.15, 0.2) is 23.1 Å². The molecule has 0 bridgehead atoms. The Morgan fingerprint density at radius 3 is 1.73 bits per heavy atom. The van der Waals surface area contributed by atoms with Crippen LogP contribution in [0.15, 0.2) is 203 Å². The van der Waals surface area contributed by atoms with E-state index in [0.717, 1.165) is 77.5 Å². The fourth-order valence-electron chi connectivity index (χ4n) is 8.99. The van der Waals surface area contributed by atoms with Crippen LogP contribution in [0.4, 0.5) is 0 Å². The molecule has 0 unspecified atom stereocenters. The van der Waals surface area contributed by atoms with Crippen LogP contribution in [0.2, 0.25) is 0 Å². The molecule has 3 heterocycles. The number of hydrogen-bond donors (Lipinski definition) is 0. The van der Waals surface area contributed by atoms with Gasteiger partial charge in [0, 0.05) is 27.5 Å². The minimum absolute atomic E-state index is 0.571. The van der Waals surface area contributed by atoms with Crippen molar-refractivity contribution < 1.29 is 8.83 Å². The van der Waals surface area contributed by atoms with E-state index >= 15 is 0 Å². The fraction of sp³-hybridized carbons (Fsp3) is 0.0189. The SMILES string of the molecule is c1ccc(-c2nc(-c3cccc4oc5ccc(-c6ccc7nc(-c8ccccc8)oc7c6)cc5c34)nc(C3(c4ccccc4)c4ccccc4-c4ccccc43)n2)cc1. The number of benzene rings is 8. The summed E-state index contributed by atoms with van der Waals surface area (Å²) in [6.07, 6.45) is 0. The maximum absolute atomic E-state index is 6.56. The van der Waals surface area contributed by atoms with E-state index < -0.39 is 5.41 Å². The van der Waals surface area contributed by atoms with Gasteiger partial charge in [0.1, 0.15) is 22.1 Å². The van der Waals surface area contributed by atoms with Gasteiger partial charge in [-0.25, -0.2) is 19.9 Å². The first-order valence-corrected chi connectivity index (χ1v) is 19.7. The van der Waals surface area contributed by atoms with E-state index in [1.54, 1.807) is 0 Å². The Morgan fingerprint density at radius 1 is 0.373 bits per heavy atom. The Hall–Kier alpha value is -7.96. The minimum Gasteiger partial charge on any atom is -0.456 e. The first kappa shape index (κ1) is 33.2. The van der Waals surface area contributed by atoms with Crippen LogP contribution >= 0.6 is 0 Å². The van der Waals surface area contributed by atoms with E-state index in [1.807, 2.05) is 72.8 Å². The van der Waals surface area contributed by atoms with Crippen LogP contribution in [-0.2, 0) is 5.41 Å².